The summed E-state index contributed by atoms with van der Waals surface area (Å²) in [6.45, 7) is 2.03. The minimum atomic E-state index is -0.364. The van der Waals surface area contributed by atoms with Crippen LogP contribution in [0.4, 0.5) is 11.4 Å². The van der Waals surface area contributed by atoms with E-state index in [1.807, 2.05) is 6.92 Å². The fourth-order valence-corrected chi connectivity index (χ4v) is 2.48. The molecule has 0 bridgehead atoms. The Morgan fingerprint density at radius 1 is 1.00 bits per heavy atom. The zero-order valence-electron chi connectivity index (χ0n) is 13.2. The van der Waals surface area contributed by atoms with Crippen molar-refractivity contribution in [2.45, 2.75) is 26.2 Å². The van der Waals surface area contributed by atoms with Crippen molar-refractivity contribution in [2.24, 2.45) is 0 Å². The van der Waals surface area contributed by atoms with Crippen molar-refractivity contribution in [3.05, 3.63) is 58.1 Å². The van der Waals surface area contributed by atoms with Crippen molar-refractivity contribution >= 4 is 46.4 Å². The number of carbonyl (C=O) groups is 2. The lowest BCUT2D eigenvalue weighted by molar-refractivity contribution is -0.116. The molecular weight excluding hydrogens is 347 g/mol. The van der Waals surface area contributed by atoms with Crippen molar-refractivity contribution in [1.29, 1.82) is 0 Å². The zero-order chi connectivity index (χ0) is 17.5. The topological polar surface area (TPSA) is 58.2 Å². The van der Waals surface area contributed by atoms with Gasteiger partial charge in [-0.15, -0.1) is 0 Å². The van der Waals surface area contributed by atoms with E-state index in [1.54, 1.807) is 36.4 Å². The van der Waals surface area contributed by atoms with Crippen LogP contribution in [0.25, 0.3) is 0 Å². The van der Waals surface area contributed by atoms with Crippen molar-refractivity contribution in [1.82, 2.24) is 0 Å². The molecule has 2 amide bonds. The lowest BCUT2D eigenvalue weighted by atomic mass is 10.2. The van der Waals surface area contributed by atoms with Crippen LogP contribution in [0, 0.1) is 0 Å². The molecule has 2 rings (SSSR count). The van der Waals surface area contributed by atoms with E-state index in [-0.39, 0.29) is 11.8 Å². The van der Waals surface area contributed by atoms with E-state index in [2.05, 4.69) is 10.6 Å². The number of unbranched alkanes of at least 4 members (excludes halogenated alkanes) is 1. The molecule has 2 aromatic rings. The summed E-state index contributed by atoms with van der Waals surface area (Å²) in [5, 5.41) is 6.32. The molecule has 2 aromatic carbocycles. The smallest absolute Gasteiger partial charge is 0.257 e. The van der Waals surface area contributed by atoms with Crippen LogP contribution in [0.5, 0.6) is 0 Å². The van der Waals surface area contributed by atoms with Crippen molar-refractivity contribution in [2.75, 3.05) is 10.6 Å². The molecule has 0 fully saturated rings. The molecule has 0 aliphatic carbocycles. The largest absolute Gasteiger partial charge is 0.326 e. The highest BCUT2D eigenvalue weighted by atomic mass is 35.5. The summed E-state index contributed by atoms with van der Waals surface area (Å²) < 4.78 is 0. The third kappa shape index (κ3) is 5.25. The quantitative estimate of drug-likeness (QED) is 0.723. The molecule has 0 saturated carbocycles. The van der Waals surface area contributed by atoms with Crippen LogP contribution >= 0.6 is 23.2 Å². The van der Waals surface area contributed by atoms with E-state index in [9.17, 15) is 9.59 Å². The van der Waals surface area contributed by atoms with Crippen molar-refractivity contribution in [3.63, 3.8) is 0 Å². The monoisotopic (exact) mass is 364 g/mol. The first-order valence-corrected chi connectivity index (χ1v) is 8.41. The van der Waals surface area contributed by atoms with Gasteiger partial charge in [-0.05, 0) is 42.8 Å². The van der Waals surface area contributed by atoms with Gasteiger partial charge < -0.3 is 10.6 Å². The SMILES string of the molecule is CCCCC(=O)Nc1cccc(NC(=O)c2cc(Cl)ccc2Cl)c1. The Balaban J connectivity index is 2.07. The number of hydrogen-bond acceptors (Lipinski definition) is 2. The Morgan fingerprint density at radius 3 is 2.42 bits per heavy atom. The Bertz CT molecular complexity index is 748. The normalized spacial score (nSPS) is 10.3. The number of amides is 2. The molecule has 0 unspecified atom stereocenters. The molecule has 2 N–H and O–H groups in total. The van der Waals surface area contributed by atoms with Gasteiger partial charge in [0.25, 0.3) is 5.91 Å². The van der Waals surface area contributed by atoms with E-state index >= 15 is 0 Å². The predicted molar refractivity (Wildman–Crippen MR) is 99.0 cm³/mol. The molecule has 4 nitrogen and oxygen atoms in total. The van der Waals surface area contributed by atoms with Crippen molar-refractivity contribution < 1.29 is 9.59 Å². The summed E-state index contributed by atoms with van der Waals surface area (Å²) in [6.07, 6.45) is 2.28. The number of nitrogens with one attached hydrogen (secondary N) is 2. The Morgan fingerprint density at radius 2 is 1.71 bits per heavy atom. The van der Waals surface area contributed by atoms with Crippen molar-refractivity contribution in [3.8, 4) is 0 Å². The number of benzene rings is 2. The molecular formula is C18H18Cl2N2O2. The molecule has 0 aliphatic heterocycles. The van der Waals surface area contributed by atoms with Crippen LogP contribution in [0.2, 0.25) is 10.0 Å². The van der Waals surface area contributed by atoms with Crippen LogP contribution in [0.1, 0.15) is 36.5 Å². The highest BCUT2D eigenvalue weighted by Gasteiger charge is 2.12. The number of rotatable bonds is 6. The number of anilines is 2. The Kier molecular flexibility index (Phi) is 6.64. The molecule has 126 valence electrons. The van der Waals surface area contributed by atoms with Gasteiger partial charge in [0.05, 0.1) is 10.6 Å². The van der Waals surface area contributed by atoms with E-state index in [0.29, 0.717) is 33.4 Å². The van der Waals surface area contributed by atoms with Gasteiger partial charge in [-0.1, -0.05) is 42.6 Å². The van der Waals surface area contributed by atoms with Gasteiger partial charge in [0, 0.05) is 22.8 Å². The Hall–Kier alpha value is -2.04. The van der Waals surface area contributed by atoms with Gasteiger partial charge in [-0.2, -0.15) is 0 Å². The second-order valence-corrected chi connectivity index (χ2v) is 6.15. The number of hydrogen-bond donors (Lipinski definition) is 2. The minimum Gasteiger partial charge on any atom is -0.326 e. The van der Waals surface area contributed by atoms with Crippen LogP contribution in [-0.4, -0.2) is 11.8 Å². The van der Waals surface area contributed by atoms with E-state index in [1.165, 1.54) is 6.07 Å². The molecule has 0 aliphatic rings. The molecule has 0 saturated heterocycles. The van der Waals surface area contributed by atoms with E-state index in [0.717, 1.165) is 12.8 Å². The first-order chi connectivity index (χ1) is 11.5. The van der Waals surface area contributed by atoms with E-state index in [4.69, 9.17) is 23.2 Å². The summed E-state index contributed by atoms with van der Waals surface area (Å²) >= 11 is 11.9. The van der Waals surface area contributed by atoms with Crippen LogP contribution in [-0.2, 0) is 4.79 Å². The predicted octanol–water partition coefficient (Wildman–Crippen LogP) is 5.37. The molecule has 24 heavy (non-hydrogen) atoms. The summed E-state index contributed by atoms with van der Waals surface area (Å²) in [5.41, 5.74) is 1.48. The molecule has 0 heterocycles. The highest BCUT2D eigenvalue weighted by Crippen LogP contribution is 2.23. The zero-order valence-corrected chi connectivity index (χ0v) is 14.7. The molecule has 0 aromatic heterocycles. The number of halogens is 2. The summed E-state index contributed by atoms with van der Waals surface area (Å²) in [4.78, 5) is 24.1. The summed E-state index contributed by atoms with van der Waals surface area (Å²) in [5.74, 6) is -0.407. The van der Waals surface area contributed by atoms with Gasteiger partial charge >= 0.3 is 0 Å². The van der Waals surface area contributed by atoms with Crippen LogP contribution < -0.4 is 10.6 Å². The second-order valence-electron chi connectivity index (χ2n) is 5.31. The molecule has 0 radical (unpaired) electrons. The fraction of sp³-hybridized carbons (Fsp3) is 0.222. The highest BCUT2D eigenvalue weighted by molar-refractivity contribution is 6.36. The van der Waals surface area contributed by atoms with Gasteiger partial charge in [0.1, 0.15) is 0 Å². The first-order valence-electron chi connectivity index (χ1n) is 7.66. The van der Waals surface area contributed by atoms with Gasteiger partial charge in [-0.3, -0.25) is 9.59 Å². The number of carbonyl (C=O) groups excluding carboxylic acids is 2. The molecule has 6 heteroatoms. The van der Waals surface area contributed by atoms with Gasteiger partial charge in [-0.25, -0.2) is 0 Å². The minimum absolute atomic E-state index is 0.0433. The average molecular weight is 365 g/mol. The lowest BCUT2D eigenvalue weighted by Gasteiger charge is -2.10. The molecule has 0 spiro atoms. The maximum absolute atomic E-state index is 12.3. The second kappa shape index (κ2) is 8.71. The lowest BCUT2D eigenvalue weighted by Crippen LogP contribution is -2.14. The average Bonchev–Trinajstić information content (AvgIpc) is 2.55. The summed E-state index contributed by atoms with van der Waals surface area (Å²) in [6, 6.07) is 11.7. The maximum Gasteiger partial charge on any atom is 0.257 e. The Labute approximate surface area is 151 Å². The third-order valence-electron chi connectivity index (χ3n) is 3.33. The summed E-state index contributed by atoms with van der Waals surface area (Å²) in [7, 11) is 0. The molecule has 0 atom stereocenters. The van der Waals surface area contributed by atoms with E-state index < -0.39 is 0 Å². The van der Waals surface area contributed by atoms with Crippen LogP contribution in [0.3, 0.4) is 0 Å². The third-order valence-corrected chi connectivity index (χ3v) is 3.90. The fourth-order valence-electron chi connectivity index (χ4n) is 2.11. The van der Waals surface area contributed by atoms with Gasteiger partial charge in [0.15, 0.2) is 0 Å². The standard InChI is InChI=1S/C18H18Cl2N2O2/c1-2-3-7-17(23)21-13-5-4-6-14(11-13)22-18(24)15-10-12(19)8-9-16(15)20/h4-6,8-11H,2-3,7H2,1H3,(H,21,23)(H,22,24). The van der Waals surface area contributed by atoms with Crippen LogP contribution in [0.15, 0.2) is 42.5 Å². The first kappa shape index (κ1) is 18.3. The van der Waals surface area contributed by atoms with Gasteiger partial charge in [0.2, 0.25) is 5.91 Å². The maximum atomic E-state index is 12.3.